The summed E-state index contributed by atoms with van der Waals surface area (Å²) < 4.78 is 0. The summed E-state index contributed by atoms with van der Waals surface area (Å²) in [5.41, 5.74) is 4.05. The monoisotopic (exact) mass is 391 g/mol. The van der Waals surface area contributed by atoms with Gasteiger partial charge in [0.1, 0.15) is 6.04 Å². The zero-order chi connectivity index (χ0) is 21.2. The predicted molar refractivity (Wildman–Crippen MR) is 111 cm³/mol. The first-order chi connectivity index (χ1) is 13.0. The van der Waals surface area contributed by atoms with E-state index >= 15 is 0 Å². The summed E-state index contributed by atoms with van der Waals surface area (Å²) in [7, 11) is 0. The van der Waals surface area contributed by atoms with Gasteiger partial charge in [-0.25, -0.2) is 0 Å². The van der Waals surface area contributed by atoms with Gasteiger partial charge in [0.25, 0.3) is 0 Å². The van der Waals surface area contributed by atoms with E-state index < -0.39 is 11.5 Å². The average molecular weight is 392 g/mol. The molecule has 2 saturated carbocycles. The number of nitrogens with two attached hydrogens (primary N) is 1. The molecule has 6 heteroatoms. The smallest absolute Gasteiger partial charge is 0.163 e. The molecule has 1 atom stereocenters. The summed E-state index contributed by atoms with van der Waals surface area (Å²) in [6.07, 6.45) is 4.69. The maximum Gasteiger partial charge on any atom is 0.163 e. The van der Waals surface area contributed by atoms with E-state index in [2.05, 4.69) is 17.2 Å². The minimum atomic E-state index is -0.750. The van der Waals surface area contributed by atoms with E-state index in [1.807, 2.05) is 27.7 Å². The van der Waals surface area contributed by atoms with Gasteiger partial charge >= 0.3 is 0 Å². The van der Waals surface area contributed by atoms with Crippen LogP contribution in [0.5, 0.6) is 0 Å². The van der Waals surface area contributed by atoms with Gasteiger partial charge in [-0.3, -0.25) is 19.7 Å². The molecule has 2 aliphatic rings. The Bertz CT molecular complexity index is 621. The van der Waals surface area contributed by atoms with Crippen molar-refractivity contribution in [3.8, 4) is 0 Å². The summed E-state index contributed by atoms with van der Waals surface area (Å²) in [6.45, 7) is 13.7. The fraction of sp³-hybridized carbons (Fsp3) is 0.773. The van der Waals surface area contributed by atoms with Crippen molar-refractivity contribution in [2.45, 2.75) is 65.8 Å². The number of nitrogens with one attached hydrogen (secondary N) is 2. The first-order valence-corrected chi connectivity index (χ1v) is 10.4. The van der Waals surface area contributed by atoms with Crippen molar-refractivity contribution in [3.05, 3.63) is 12.7 Å². The van der Waals surface area contributed by atoms with Crippen LogP contribution in [-0.2, 0) is 14.4 Å². The summed E-state index contributed by atoms with van der Waals surface area (Å²) in [5, 5.41) is 6.32. The number of allylic oxidation sites excluding steroid dienone is 1. The zero-order valence-electron chi connectivity index (χ0n) is 17.9. The third kappa shape index (κ3) is 4.44. The van der Waals surface area contributed by atoms with Crippen LogP contribution >= 0.6 is 0 Å². The Kier molecular flexibility index (Phi) is 7.00. The Labute approximate surface area is 169 Å². The molecule has 158 valence electrons. The van der Waals surface area contributed by atoms with E-state index in [0.29, 0.717) is 26.1 Å². The van der Waals surface area contributed by atoms with Gasteiger partial charge in [-0.15, -0.1) is 0 Å². The summed E-state index contributed by atoms with van der Waals surface area (Å²) >= 11 is 0. The second-order valence-electron chi connectivity index (χ2n) is 9.97. The average Bonchev–Trinajstić information content (AvgIpc) is 2.78. The third-order valence-electron chi connectivity index (χ3n) is 6.49. The highest BCUT2D eigenvalue weighted by Crippen LogP contribution is 2.61. The SMILES string of the molecule is C=CC(=O)C1C(C)(C)CC2(CC(=O)C(NCNCCCCN)C2=O)CC1(C)C. The topological polar surface area (TPSA) is 101 Å². The molecule has 1 unspecified atom stereocenters. The number of ketones is 3. The van der Waals surface area contributed by atoms with Crippen LogP contribution in [0.15, 0.2) is 12.7 Å². The third-order valence-corrected chi connectivity index (χ3v) is 6.49. The zero-order valence-corrected chi connectivity index (χ0v) is 17.9. The molecule has 2 fully saturated rings. The fourth-order valence-electron chi connectivity index (χ4n) is 6.09. The van der Waals surface area contributed by atoms with Crippen LogP contribution in [0, 0.1) is 22.2 Å². The van der Waals surface area contributed by atoms with Crippen LogP contribution in [0.2, 0.25) is 0 Å². The Balaban J connectivity index is 2.12. The van der Waals surface area contributed by atoms with E-state index in [1.165, 1.54) is 6.08 Å². The minimum absolute atomic E-state index is 0.00749. The minimum Gasteiger partial charge on any atom is -0.330 e. The highest BCUT2D eigenvalue weighted by molar-refractivity contribution is 6.15. The molecule has 0 aromatic carbocycles. The lowest BCUT2D eigenvalue weighted by Gasteiger charge is -2.54. The van der Waals surface area contributed by atoms with E-state index in [4.69, 9.17) is 5.73 Å². The molecule has 4 N–H and O–H groups in total. The van der Waals surface area contributed by atoms with Crippen molar-refractivity contribution < 1.29 is 14.4 Å². The van der Waals surface area contributed by atoms with Crippen LogP contribution < -0.4 is 16.4 Å². The van der Waals surface area contributed by atoms with Crippen LogP contribution in [-0.4, -0.2) is 43.1 Å². The number of hydrogen-bond donors (Lipinski definition) is 3. The summed E-state index contributed by atoms with van der Waals surface area (Å²) in [4.78, 5) is 38.6. The molecule has 0 heterocycles. The molecular weight excluding hydrogens is 354 g/mol. The lowest BCUT2D eigenvalue weighted by atomic mass is 9.48. The van der Waals surface area contributed by atoms with Gasteiger partial charge in [-0.1, -0.05) is 34.3 Å². The van der Waals surface area contributed by atoms with Crippen LogP contribution in [0.3, 0.4) is 0 Å². The highest BCUT2D eigenvalue weighted by Gasteiger charge is 2.62. The van der Waals surface area contributed by atoms with Gasteiger partial charge in [0.15, 0.2) is 17.3 Å². The van der Waals surface area contributed by atoms with Crippen molar-refractivity contribution in [3.63, 3.8) is 0 Å². The van der Waals surface area contributed by atoms with Gasteiger partial charge in [-0.05, 0) is 55.7 Å². The first-order valence-electron chi connectivity index (χ1n) is 10.4. The van der Waals surface area contributed by atoms with Gasteiger partial charge < -0.3 is 11.1 Å². The van der Waals surface area contributed by atoms with Crippen molar-refractivity contribution in [1.82, 2.24) is 10.6 Å². The molecule has 0 aromatic rings. The Morgan fingerprint density at radius 2 is 1.79 bits per heavy atom. The van der Waals surface area contributed by atoms with Gasteiger partial charge in [-0.2, -0.15) is 0 Å². The van der Waals surface area contributed by atoms with E-state index in [-0.39, 0.29) is 40.5 Å². The molecule has 6 nitrogen and oxygen atoms in total. The van der Waals surface area contributed by atoms with Crippen LogP contribution in [0.1, 0.15) is 59.8 Å². The predicted octanol–water partition coefficient (Wildman–Crippen LogP) is 1.98. The molecule has 0 radical (unpaired) electrons. The van der Waals surface area contributed by atoms with Crippen molar-refractivity contribution in [2.24, 2.45) is 27.9 Å². The molecule has 28 heavy (non-hydrogen) atoms. The quantitative estimate of drug-likeness (QED) is 0.240. The number of rotatable bonds is 9. The summed E-state index contributed by atoms with van der Waals surface area (Å²) in [6, 6.07) is -0.750. The van der Waals surface area contributed by atoms with E-state index in [1.54, 1.807) is 0 Å². The number of carbonyl (C=O) groups excluding carboxylic acids is 3. The first kappa shape index (κ1) is 22.9. The molecule has 0 amide bonds. The fourth-order valence-corrected chi connectivity index (χ4v) is 6.09. The lowest BCUT2D eigenvalue weighted by molar-refractivity contribution is -0.148. The number of Topliss-reactive ketones (excluding diaryl/α,β-unsaturated/α-hetero) is 2. The molecule has 0 saturated heterocycles. The van der Waals surface area contributed by atoms with Crippen LogP contribution in [0.4, 0.5) is 0 Å². The molecule has 0 bridgehead atoms. The van der Waals surface area contributed by atoms with Crippen LogP contribution in [0.25, 0.3) is 0 Å². The van der Waals surface area contributed by atoms with E-state index in [0.717, 1.165) is 19.4 Å². The second-order valence-corrected chi connectivity index (χ2v) is 9.97. The number of unbranched alkanes of at least 4 members (excludes halogenated alkanes) is 1. The Hall–Kier alpha value is -1.37. The number of carbonyl (C=O) groups is 3. The van der Waals surface area contributed by atoms with Crippen molar-refractivity contribution >= 4 is 17.3 Å². The highest BCUT2D eigenvalue weighted by atomic mass is 16.2. The van der Waals surface area contributed by atoms with Crippen molar-refractivity contribution in [1.29, 1.82) is 0 Å². The lowest BCUT2D eigenvalue weighted by Crippen LogP contribution is -2.54. The number of hydrogen-bond acceptors (Lipinski definition) is 6. The molecule has 2 aliphatic carbocycles. The second kappa shape index (κ2) is 8.56. The molecule has 0 aliphatic heterocycles. The molecule has 1 spiro atoms. The Morgan fingerprint density at radius 3 is 2.32 bits per heavy atom. The molecule has 2 rings (SSSR count). The maximum absolute atomic E-state index is 13.3. The maximum atomic E-state index is 13.3. The van der Waals surface area contributed by atoms with E-state index in [9.17, 15) is 14.4 Å². The normalized spacial score (nSPS) is 26.0. The van der Waals surface area contributed by atoms with Crippen molar-refractivity contribution in [2.75, 3.05) is 19.8 Å². The summed E-state index contributed by atoms with van der Waals surface area (Å²) in [5.74, 6) is -0.221. The standard InChI is InChI=1S/C22H37N3O3/c1-6-15(26)18-20(2,3)12-22(13-21(18,4)5)11-16(27)17(19(22)28)25-14-24-10-8-7-9-23/h6,17-18,24-25H,1,7-14,23H2,2-5H3. The van der Waals surface area contributed by atoms with Gasteiger partial charge in [0, 0.05) is 24.4 Å². The molecular formula is C22H37N3O3. The molecule has 0 aromatic heterocycles. The largest absolute Gasteiger partial charge is 0.330 e. The Morgan fingerprint density at radius 1 is 1.18 bits per heavy atom. The van der Waals surface area contributed by atoms with Gasteiger partial charge in [0.05, 0.1) is 0 Å². The van der Waals surface area contributed by atoms with Gasteiger partial charge in [0.2, 0.25) is 0 Å².